The Morgan fingerprint density at radius 2 is 1.78 bits per heavy atom. The number of thioether (sulfide) groups is 1. The highest BCUT2D eigenvalue weighted by atomic mass is 35.5. The molecule has 1 amide bonds. The van der Waals surface area contributed by atoms with E-state index in [2.05, 4.69) is 44.4 Å². The van der Waals surface area contributed by atoms with Crippen LogP contribution in [0, 0.1) is 0 Å². The van der Waals surface area contributed by atoms with Crippen molar-refractivity contribution in [2.45, 2.75) is 18.4 Å². The van der Waals surface area contributed by atoms with E-state index >= 15 is 0 Å². The molecule has 0 bridgehead atoms. The Balaban J connectivity index is 1.26. The van der Waals surface area contributed by atoms with Gasteiger partial charge in [-0.3, -0.25) is 4.79 Å². The quantitative estimate of drug-likeness (QED) is 0.506. The van der Waals surface area contributed by atoms with Crippen LogP contribution in [0.15, 0.2) is 65.7 Å². The molecule has 1 aliphatic heterocycles. The number of carbonyl (C=O) groups is 1. The molecule has 1 fully saturated rings. The lowest BCUT2D eigenvalue weighted by Gasteiger charge is -2.36. The van der Waals surface area contributed by atoms with E-state index in [1.54, 1.807) is 0 Å². The van der Waals surface area contributed by atoms with Crippen molar-refractivity contribution in [3.63, 3.8) is 0 Å². The zero-order valence-corrected chi connectivity index (χ0v) is 19.6. The van der Waals surface area contributed by atoms with Gasteiger partial charge in [0.25, 0.3) is 0 Å². The van der Waals surface area contributed by atoms with Crippen LogP contribution in [0.2, 0.25) is 5.02 Å². The fourth-order valence-electron chi connectivity index (χ4n) is 3.65. The maximum Gasteiger partial charge on any atom is 0.234 e. The van der Waals surface area contributed by atoms with Crippen molar-refractivity contribution >= 4 is 46.5 Å². The monoisotopic (exact) mass is 467 g/mol. The van der Waals surface area contributed by atoms with Gasteiger partial charge in [-0.1, -0.05) is 54.6 Å². The van der Waals surface area contributed by atoms with Gasteiger partial charge < -0.3 is 15.1 Å². The number of nitrogens with one attached hydrogen (secondary N) is 1. The zero-order chi connectivity index (χ0) is 22.3. The first-order chi connectivity index (χ1) is 15.6. The van der Waals surface area contributed by atoms with Gasteiger partial charge in [-0.25, -0.2) is 0 Å². The van der Waals surface area contributed by atoms with Crippen LogP contribution in [0.25, 0.3) is 0 Å². The average Bonchev–Trinajstić information content (AvgIpc) is 2.84. The van der Waals surface area contributed by atoms with E-state index in [1.165, 1.54) is 17.3 Å². The minimum Gasteiger partial charge on any atom is -0.367 e. The zero-order valence-electron chi connectivity index (χ0n) is 18.0. The van der Waals surface area contributed by atoms with E-state index in [0.29, 0.717) is 5.75 Å². The molecule has 6 nitrogen and oxygen atoms in total. The Morgan fingerprint density at radius 1 is 1.00 bits per heavy atom. The average molecular weight is 468 g/mol. The molecule has 4 rings (SSSR count). The van der Waals surface area contributed by atoms with E-state index in [1.807, 2.05) is 48.5 Å². The molecular formula is C24H26ClN5OS. The van der Waals surface area contributed by atoms with Crippen molar-refractivity contribution in [2.24, 2.45) is 0 Å². The van der Waals surface area contributed by atoms with Gasteiger partial charge in [0.1, 0.15) is 5.03 Å². The molecule has 0 radical (unpaired) electrons. The normalized spacial score (nSPS) is 13.8. The predicted molar refractivity (Wildman–Crippen MR) is 133 cm³/mol. The summed E-state index contributed by atoms with van der Waals surface area (Å²) in [5.41, 5.74) is 3.10. The molecule has 2 heterocycles. The predicted octanol–water partition coefficient (Wildman–Crippen LogP) is 4.75. The summed E-state index contributed by atoms with van der Waals surface area (Å²) in [5, 5.41) is 13.1. The van der Waals surface area contributed by atoms with Gasteiger partial charge in [0.2, 0.25) is 5.91 Å². The van der Waals surface area contributed by atoms with Crippen molar-refractivity contribution < 1.29 is 4.79 Å². The first-order valence-corrected chi connectivity index (χ1v) is 12.1. The number of benzene rings is 2. The molecule has 2 aromatic carbocycles. The van der Waals surface area contributed by atoms with Crippen LogP contribution in [-0.4, -0.2) is 48.0 Å². The number of aryl methyl sites for hydroxylation is 1. The summed E-state index contributed by atoms with van der Waals surface area (Å²) in [6.45, 7) is 5.55. The fraction of sp³-hybridized carbons (Fsp3) is 0.292. The SMILES string of the molecule is CCc1cccc(NC(=O)CSc2ccc(N3CCN(c4ccccc4Cl)CC3)nn2)c1. The van der Waals surface area contributed by atoms with E-state index < -0.39 is 0 Å². The van der Waals surface area contributed by atoms with Crippen LogP contribution in [0.4, 0.5) is 17.2 Å². The van der Waals surface area contributed by atoms with Gasteiger partial charge in [-0.05, 0) is 48.4 Å². The maximum absolute atomic E-state index is 12.3. The molecule has 8 heteroatoms. The number of aromatic nitrogens is 2. The van der Waals surface area contributed by atoms with E-state index in [9.17, 15) is 4.79 Å². The first-order valence-electron chi connectivity index (χ1n) is 10.7. The van der Waals surface area contributed by atoms with E-state index in [4.69, 9.17) is 11.6 Å². The van der Waals surface area contributed by atoms with Crippen LogP contribution >= 0.6 is 23.4 Å². The summed E-state index contributed by atoms with van der Waals surface area (Å²) in [6.07, 6.45) is 0.940. The van der Waals surface area contributed by atoms with Gasteiger partial charge in [0, 0.05) is 31.9 Å². The molecule has 0 atom stereocenters. The minimum atomic E-state index is -0.0511. The van der Waals surface area contributed by atoms with Gasteiger partial charge >= 0.3 is 0 Å². The standard InChI is InChI=1S/C24H26ClN5OS/c1-2-18-6-5-7-19(16-18)26-23(31)17-32-24-11-10-22(27-28-24)30-14-12-29(13-15-30)21-9-4-3-8-20(21)25/h3-11,16H,2,12-15,17H2,1H3,(H,26,31). The second kappa shape index (κ2) is 10.7. The number of anilines is 3. The Labute approximate surface area is 198 Å². The number of carbonyl (C=O) groups excluding carboxylic acids is 1. The second-order valence-electron chi connectivity index (χ2n) is 7.55. The maximum atomic E-state index is 12.3. The number of hydrogen-bond donors (Lipinski definition) is 1. The minimum absolute atomic E-state index is 0.0511. The molecular weight excluding hydrogens is 442 g/mol. The number of hydrogen-bond acceptors (Lipinski definition) is 6. The second-order valence-corrected chi connectivity index (χ2v) is 8.95. The van der Waals surface area contributed by atoms with E-state index in [-0.39, 0.29) is 5.91 Å². The van der Waals surface area contributed by atoms with Crippen LogP contribution in [0.3, 0.4) is 0 Å². The third kappa shape index (κ3) is 5.72. The van der Waals surface area contributed by atoms with Crippen molar-refractivity contribution in [1.29, 1.82) is 0 Å². The Kier molecular flexibility index (Phi) is 7.50. The summed E-state index contributed by atoms with van der Waals surface area (Å²) in [6, 6.07) is 19.8. The number of halogens is 1. The van der Waals surface area contributed by atoms with Gasteiger partial charge in [0.15, 0.2) is 5.82 Å². The molecule has 1 aromatic heterocycles. The fourth-order valence-corrected chi connectivity index (χ4v) is 4.52. The Bertz CT molecular complexity index is 1050. The summed E-state index contributed by atoms with van der Waals surface area (Å²) in [4.78, 5) is 16.8. The van der Waals surface area contributed by atoms with Crippen molar-refractivity contribution in [3.05, 3.63) is 71.2 Å². The molecule has 166 valence electrons. The summed E-state index contributed by atoms with van der Waals surface area (Å²) in [5.74, 6) is 1.10. The highest BCUT2D eigenvalue weighted by Gasteiger charge is 2.20. The third-order valence-corrected chi connectivity index (χ3v) is 6.63. The van der Waals surface area contributed by atoms with Crippen LogP contribution in [0.5, 0.6) is 0 Å². The molecule has 32 heavy (non-hydrogen) atoms. The lowest BCUT2D eigenvalue weighted by molar-refractivity contribution is -0.113. The lowest BCUT2D eigenvalue weighted by Crippen LogP contribution is -2.47. The smallest absolute Gasteiger partial charge is 0.234 e. The first kappa shape index (κ1) is 22.4. The number of nitrogens with zero attached hydrogens (tertiary/aromatic N) is 4. The summed E-state index contributed by atoms with van der Waals surface area (Å²) < 4.78 is 0. The largest absolute Gasteiger partial charge is 0.367 e. The Hall–Kier alpha value is -2.77. The molecule has 0 aliphatic carbocycles. The van der Waals surface area contributed by atoms with Crippen molar-refractivity contribution in [3.8, 4) is 0 Å². The number of para-hydroxylation sites is 1. The number of amides is 1. The molecule has 1 saturated heterocycles. The highest BCUT2D eigenvalue weighted by molar-refractivity contribution is 7.99. The van der Waals surface area contributed by atoms with Crippen LogP contribution in [0.1, 0.15) is 12.5 Å². The Morgan fingerprint density at radius 3 is 2.50 bits per heavy atom. The highest BCUT2D eigenvalue weighted by Crippen LogP contribution is 2.27. The van der Waals surface area contributed by atoms with Gasteiger partial charge in [-0.15, -0.1) is 10.2 Å². The van der Waals surface area contributed by atoms with Crippen LogP contribution < -0.4 is 15.1 Å². The summed E-state index contributed by atoms with van der Waals surface area (Å²) in [7, 11) is 0. The van der Waals surface area contributed by atoms with E-state index in [0.717, 1.165) is 59.8 Å². The number of piperazine rings is 1. The molecule has 1 aliphatic rings. The molecule has 0 unspecified atom stereocenters. The van der Waals surface area contributed by atoms with Crippen LogP contribution in [-0.2, 0) is 11.2 Å². The molecule has 0 saturated carbocycles. The lowest BCUT2D eigenvalue weighted by atomic mass is 10.1. The molecule has 0 spiro atoms. The van der Waals surface area contributed by atoms with Crippen molar-refractivity contribution in [2.75, 3.05) is 47.0 Å². The topological polar surface area (TPSA) is 61.4 Å². The van der Waals surface area contributed by atoms with Gasteiger partial charge in [0.05, 0.1) is 16.5 Å². The number of rotatable bonds is 7. The molecule has 3 aromatic rings. The van der Waals surface area contributed by atoms with Crippen molar-refractivity contribution in [1.82, 2.24) is 10.2 Å². The van der Waals surface area contributed by atoms with Gasteiger partial charge in [-0.2, -0.15) is 0 Å². The molecule has 1 N–H and O–H groups in total. The summed E-state index contributed by atoms with van der Waals surface area (Å²) >= 11 is 7.72. The third-order valence-electron chi connectivity index (χ3n) is 5.39.